The Hall–Kier alpha value is -0.840. The first-order chi connectivity index (χ1) is 8.49. The van der Waals surface area contributed by atoms with Crippen LogP contribution in [0.3, 0.4) is 0 Å². The Morgan fingerprint density at radius 3 is 2.67 bits per heavy atom. The molecule has 4 nitrogen and oxygen atoms in total. The summed E-state index contributed by atoms with van der Waals surface area (Å²) in [4.78, 5) is 2.13. The maximum atomic E-state index is 5.82. The van der Waals surface area contributed by atoms with Gasteiger partial charge >= 0.3 is 0 Å². The van der Waals surface area contributed by atoms with Gasteiger partial charge in [-0.1, -0.05) is 13.8 Å². The Bertz CT molecular complexity index is 334. The lowest BCUT2D eigenvalue weighted by molar-refractivity contribution is 0.0357. The van der Waals surface area contributed by atoms with E-state index < -0.39 is 0 Å². The molecule has 1 heterocycles. The summed E-state index contributed by atoms with van der Waals surface area (Å²) in [7, 11) is 4.10. The summed E-state index contributed by atoms with van der Waals surface area (Å²) >= 11 is 0. The molecule has 1 aromatic heterocycles. The highest BCUT2D eigenvalue weighted by Crippen LogP contribution is 2.13. The van der Waals surface area contributed by atoms with Gasteiger partial charge in [-0.25, -0.2) is 0 Å². The zero-order valence-electron chi connectivity index (χ0n) is 12.2. The number of hydrogen-bond donors (Lipinski definition) is 1. The van der Waals surface area contributed by atoms with Gasteiger partial charge in [-0.2, -0.15) is 0 Å². The minimum Gasteiger partial charge on any atom is -0.468 e. The van der Waals surface area contributed by atoms with Gasteiger partial charge < -0.3 is 19.4 Å². The number of likely N-dealkylation sites (N-methyl/N-ethyl adjacent to an activating group) is 1. The van der Waals surface area contributed by atoms with Gasteiger partial charge in [0.1, 0.15) is 5.76 Å². The molecule has 0 spiro atoms. The summed E-state index contributed by atoms with van der Waals surface area (Å²) < 4.78 is 11.3. The Labute approximate surface area is 110 Å². The summed E-state index contributed by atoms with van der Waals surface area (Å²) in [6.45, 7) is 8.63. The number of hydrogen-bond acceptors (Lipinski definition) is 4. The molecular formula is C14H26N2O2. The first-order valence-electron chi connectivity index (χ1n) is 6.54. The van der Waals surface area contributed by atoms with E-state index in [1.165, 1.54) is 0 Å². The van der Waals surface area contributed by atoms with Gasteiger partial charge in [-0.05, 0) is 27.1 Å². The maximum Gasteiger partial charge on any atom is 0.123 e. The highest BCUT2D eigenvalue weighted by Gasteiger charge is 2.09. The molecule has 0 fully saturated rings. The van der Waals surface area contributed by atoms with E-state index in [2.05, 4.69) is 45.1 Å². The maximum absolute atomic E-state index is 5.82. The van der Waals surface area contributed by atoms with Crippen molar-refractivity contribution in [3.63, 3.8) is 0 Å². The lowest BCUT2D eigenvalue weighted by Gasteiger charge is -2.17. The number of rotatable bonds is 8. The summed E-state index contributed by atoms with van der Waals surface area (Å²) in [5.74, 6) is 0.973. The zero-order valence-corrected chi connectivity index (χ0v) is 12.2. The van der Waals surface area contributed by atoms with Crippen molar-refractivity contribution in [2.45, 2.75) is 46.1 Å². The molecule has 4 heteroatoms. The second kappa shape index (κ2) is 7.56. The van der Waals surface area contributed by atoms with Crippen molar-refractivity contribution >= 4 is 0 Å². The molecule has 0 radical (unpaired) electrons. The second-order valence-electron chi connectivity index (χ2n) is 5.29. The van der Waals surface area contributed by atoms with Crippen LogP contribution in [-0.2, 0) is 17.9 Å². The molecule has 1 atom stereocenters. The number of ether oxygens (including phenoxy) is 1. The van der Waals surface area contributed by atoms with Crippen LogP contribution in [0.25, 0.3) is 0 Å². The molecule has 1 aromatic rings. The van der Waals surface area contributed by atoms with E-state index in [1.54, 1.807) is 6.26 Å². The van der Waals surface area contributed by atoms with Crippen LogP contribution >= 0.6 is 0 Å². The highest BCUT2D eigenvalue weighted by molar-refractivity contribution is 5.15. The molecule has 0 aliphatic carbocycles. The predicted molar refractivity (Wildman–Crippen MR) is 73.5 cm³/mol. The van der Waals surface area contributed by atoms with E-state index in [0.29, 0.717) is 12.6 Å². The zero-order chi connectivity index (χ0) is 13.5. The lowest BCUT2D eigenvalue weighted by Crippen LogP contribution is -2.26. The van der Waals surface area contributed by atoms with Crippen molar-refractivity contribution in [2.75, 3.05) is 20.6 Å². The molecule has 1 rings (SSSR count). The molecule has 0 saturated carbocycles. The van der Waals surface area contributed by atoms with Crippen LogP contribution in [0.15, 0.2) is 16.7 Å². The van der Waals surface area contributed by atoms with Crippen molar-refractivity contribution in [1.82, 2.24) is 10.2 Å². The molecule has 0 saturated heterocycles. The van der Waals surface area contributed by atoms with Crippen molar-refractivity contribution in [2.24, 2.45) is 0 Å². The van der Waals surface area contributed by atoms with Gasteiger partial charge in [-0.15, -0.1) is 0 Å². The summed E-state index contributed by atoms with van der Waals surface area (Å²) in [6, 6.07) is 2.44. The largest absolute Gasteiger partial charge is 0.468 e. The minimum atomic E-state index is 0.223. The topological polar surface area (TPSA) is 37.6 Å². The van der Waals surface area contributed by atoms with E-state index in [1.807, 2.05) is 6.07 Å². The highest BCUT2D eigenvalue weighted by atomic mass is 16.5. The van der Waals surface area contributed by atoms with Gasteiger partial charge in [0.2, 0.25) is 0 Å². The molecule has 0 bridgehead atoms. The smallest absolute Gasteiger partial charge is 0.123 e. The van der Waals surface area contributed by atoms with Crippen LogP contribution in [-0.4, -0.2) is 37.7 Å². The molecular weight excluding hydrogens is 228 g/mol. The Kier molecular flexibility index (Phi) is 6.39. The third-order valence-corrected chi connectivity index (χ3v) is 2.65. The number of nitrogens with zero attached hydrogens (tertiary/aromatic N) is 1. The van der Waals surface area contributed by atoms with E-state index in [-0.39, 0.29) is 6.10 Å². The summed E-state index contributed by atoms with van der Waals surface area (Å²) in [5.41, 5.74) is 1.13. The number of furan rings is 1. The van der Waals surface area contributed by atoms with Crippen LogP contribution in [0, 0.1) is 0 Å². The molecule has 0 aromatic carbocycles. The fourth-order valence-corrected chi connectivity index (χ4v) is 1.75. The Balaban J connectivity index is 2.40. The van der Waals surface area contributed by atoms with Crippen LogP contribution in [0.1, 0.15) is 32.1 Å². The van der Waals surface area contributed by atoms with Crippen LogP contribution in [0.5, 0.6) is 0 Å². The van der Waals surface area contributed by atoms with Gasteiger partial charge in [0, 0.05) is 18.2 Å². The van der Waals surface area contributed by atoms with Gasteiger partial charge in [0.25, 0.3) is 0 Å². The van der Waals surface area contributed by atoms with Crippen LogP contribution in [0.4, 0.5) is 0 Å². The first kappa shape index (κ1) is 15.2. The summed E-state index contributed by atoms with van der Waals surface area (Å²) in [6.07, 6.45) is 1.95. The molecule has 0 aliphatic rings. The van der Waals surface area contributed by atoms with E-state index in [9.17, 15) is 0 Å². The third-order valence-electron chi connectivity index (χ3n) is 2.65. The molecule has 104 valence electrons. The SMILES string of the molecule is CC(C)NCc1occc1COC(C)CN(C)C. The third kappa shape index (κ3) is 5.67. The van der Waals surface area contributed by atoms with E-state index in [0.717, 1.165) is 24.4 Å². The van der Waals surface area contributed by atoms with Crippen molar-refractivity contribution in [3.8, 4) is 0 Å². The monoisotopic (exact) mass is 254 g/mol. The molecule has 0 aliphatic heterocycles. The quantitative estimate of drug-likeness (QED) is 0.772. The average Bonchev–Trinajstić information content (AvgIpc) is 2.70. The predicted octanol–water partition coefficient (Wildman–Crippen LogP) is 2.24. The minimum absolute atomic E-state index is 0.223. The second-order valence-corrected chi connectivity index (χ2v) is 5.29. The van der Waals surface area contributed by atoms with Gasteiger partial charge in [-0.3, -0.25) is 0 Å². The first-order valence-corrected chi connectivity index (χ1v) is 6.54. The van der Waals surface area contributed by atoms with Crippen LogP contribution in [0.2, 0.25) is 0 Å². The van der Waals surface area contributed by atoms with Gasteiger partial charge in [0.05, 0.1) is 25.5 Å². The fraction of sp³-hybridized carbons (Fsp3) is 0.714. The van der Waals surface area contributed by atoms with Crippen LogP contribution < -0.4 is 5.32 Å². The standard InChI is InChI=1S/C14H26N2O2/c1-11(2)15-8-14-13(6-7-17-14)10-18-12(3)9-16(4)5/h6-7,11-12,15H,8-10H2,1-5H3. The normalized spacial score (nSPS) is 13.5. The molecule has 18 heavy (non-hydrogen) atoms. The van der Waals surface area contributed by atoms with Crippen molar-refractivity contribution < 1.29 is 9.15 Å². The fourth-order valence-electron chi connectivity index (χ4n) is 1.75. The van der Waals surface area contributed by atoms with E-state index >= 15 is 0 Å². The van der Waals surface area contributed by atoms with E-state index in [4.69, 9.17) is 9.15 Å². The Morgan fingerprint density at radius 2 is 2.06 bits per heavy atom. The van der Waals surface area contributed by atoms with Crippen molar-refractivity contribution in [1.29, 1.82) is 0 Å². The van der Waals surface area contributed by atoms with Crippen molar-refractivity contribution in [3.05, 3.63) is 23.7 Å². The summed E-state index contributed by atoms with van der Waals surface area (Å²) in [5, 5.41) is 3.35. The molecule has 1 N–H and O–H groups in total. The van der Waals surface area contributed by atoms with Gasteiger partial charge in [0.15, 0.2) is 0 Å². The molecule has 0 amide bonds. The number of nitrogens with one attached hydrogen (secondary N) is 1. The average molecular weight is 254 g/mol. The Morgan fingerprint density at radius 1 is 1.33 bits per heavy atom. The lowest BCUT2D eigenvalue weighted by atomic mass is 10.2. The molecule has 1 unspecified atom stereocenters.